The number of hydrogen-bond acceptors (Lipinski definition) is 1. The average molecular weight is 245 g/mol. The Labute approximate surface area is 109 Å². The van der Waals surface area contributed by atoms with Crippen molar-refractivity contribution in [2.45, 2.75) is 32.6 Å². The van der Waals surface area contributed by atoms with Crippen molar-refractivity contribution in [2.75, 3.05) is 13.1 Å². The molecule has 0 aromatic heterocycles. The van der Waals surface area contributed by atoms with Gasteiger partial charge in [0.15, 0.2) is 5.96 Å². The number of aryl methyl sites for hydroxylation is 1. The van der Waals surface area contributed by atoms with Crippen LogP contribution in [0.1, 0.15) is 30.4 Å². The van der Waals surface area contributed by atoms with Crippen LogP contribution >= 0.6 is 0 Å². The molecule has 0 heterocycles. The van der Waals surface area contributed by atoms with Crippen LogP contribution in [0.5, 0.6) is 0 Å². The summed E-state index contributed by atoms with van der Waals surface area (Å²) in [6.07, 6.45) is 4.99. The lowest BCUT2D eigenvalue weighted by molar-refractivity contribution is 0.326. The molecule has 2 rings (SSSR count). The fraction of sp³-hybridized carbons (Fsp3) is 0.533. The number of nitrogens with one attached hydrogen (secondary N) is 1. The summed E-state index contributed by atoms with van der Waals surface area (Å²) < 4.78 is 0. The fourth-order valence-electron chi connectivity index (χ4n) is 2.17. The van der Waals surface area contributed by atoms with Crippen LogP contribution in [0.3, 0.4) is 0 Å². The molecule has 1 aromatic rings. The van der Waals surface area contributed by atoms with Crippen molar-refractivity contribution in [3.05, 3.63) is 35.4 Å². The monoisotopic (exact) mass is 245 g/mol. The van der Waals surface area contributed by atoms with E-state index in [0.717, 1.165) is 25.4 Å². The zero-order chi connectivity index (χ0) is 12.8. The highest BCUT2D eigenvalue weighted by Gasteiger charge is 2.16. The first-order chi connectivity index (χ1) is 8.75. The molecule has 3 heteroatoms. The molecule has 1 aliphatic rings. The van der Waals surface area contributed by atoms with Crippen molar-refractivity contribution in [1.29, 1.82) is 0 Å². The Bertz CT molecular complexity index is 408. The Balaban J connectivity index is 1.69. The molecular formula is C15H23N3. The lowest BCUT2D eigenvalue weighted by Gasteiger charge is -2.23. The Morgan fingerprint density at radius 1 is 1.39 bits per heavy atom. The van der Waals surface area contributed by atoms with Crippen LogP contribution < -0.4 is 11.1 Å². The van der Waals surface area contributed by atoms with Gasteiger partial charge < -0.3 is 11.1 Å². The van der Waals surface area contributed by atoms with E-state index < -0.39 is 0 Å². The lowest BCUT2D eigenvalue weighted by Crippen LogP contribution is -2.34. The van der Waals surface area contributed by atoms with E-state index in [9.17, 15) is 0 Å². The zero-order valence-corrected chi connectivity index (χ0v) is 11.2. The third-order valence-electron chi connectivity index (χ3n) is 3.71. The second-order valence-corrected chi connectivity index (χ2v) is 5.13. The number of aliphatic imine (C=N–C) groups is 1. The lowest BCUT2D eigenvalue weighted by atomic mass is 9.86. The molecule has 1 saturated carbocycles. The van der Waals surface area contributed by atoms with Crippen LogP contribution in [-0.2, 0) is 6.42 Å². The van der Waals surface area contributed by atoms with Gasteiger partial charge in [0.1, 0.15) is 0 Å². The summed E-state index contributed by atoms with van der Waals surface area (Å²) in [4.78, 5) is 4.38. The minimum absolute atomic E-state index is 0.593. The highest BCUT2D eigenvalue weighted by Crippen LogP contribution is 2.26. The molecule has 0 aliphatic heterocycles. The van der Waals surface area contributed by atoms with Gasteiger partial charge in [0.05, 0.1) is 0 Å². The zero-order valence-electron chi connectivity index (χ0n) is 11.2. The number of hydrogen-bond donors (Lipinski definition) is 2. The van der Waals surface area contributed by atoms with Gasteiger partial charge in [-0.15, -0.1) is 0 Å². The minimum Gasteiger partial charge on any atom is -0.370 e. The Kier molecular flexibility index (Phi) is 4.62. The van der Waals surface area contributed by atoms with Gasteiger partial charge in [-0.1, -0.05) is 30.7 Å². The first kappa shape index (κ1) is 12.9. The van der Waals surface area contributed by atoms with Crippen molar-refractivity contribution in [3.8, 4) is 0 Å². The maximum atomic E-state index is 5.84. The summed E-state index contributed by atoms with van der Waals surface area (Å²) >= 11 is 0. The van der Waals surface area contributed by atoms with Gasteiger partial charge in [-0.2, -0.15) is 0 Å². The molecule has 98 valence electrons. The molecule has 3 nitrogen and oxygen atoms in total. The Hall–Kier alpha value is -1.51. The minimum atomic E-state index is 0.593. The molecular weight excluding hydrogens is 222 g/mol. The Morgan fingerprint density at radius 3 is 2.83 bits per heavy atom. The predicted octanol–water partition coefficient (Wildman–Crippen LogP) is 2.24. The molecule has 0 radical (unpaired) electrons. The molecule has 1 fully saturated rings. The molecule has 18 heavy (non-hydrogen) atoms. The largest absolute Gasteiger partial charge is 0.370 e. The summed E-state index contributed by atoms with van der Waals surface area (Å²) in [5, 5.41) is 3.19. The summed E-state index contributed by atoms with van der Waals surface area (Å²) in [5.41, 5.74) is 8.55. The molecule has 0 amide bonds. The standard InChI is InChI=1S/C15H23N3/c1-12-5-2-3-8-14(12)9-10-17-15(16)18-11-13-6-4-7-13/h2-3,5,8,13H,4,6-7,9-11H2,1H3,(H3,16,17,18). The van der Waals surface area contributed by atoms with Gasteiger partial charge in [0.2, 0.25) is 0 Å². The van der Waals surface area contributed by atoms with Crippen molar-refractivity contribution >= 4 is 5.96 Å². The van der Waals surface area contributed by atoms with Crippen molar-refractivity contribution in [2.24, 2.45) is 16.6 Å². The SMILES string of the molecule is Cc1ccccc1CCNC(N)=NCC1CCC1. The van der Waals surface area contributed by atoms with Gasteiger partial charge in [-0.3, -0.25) is 4.99 Å². The van der Waals surface area contributed by atoms with Crippen LogP contribution in [0, 0.1) is 12.8 Å². The van der Waals surface area contributed by atoms with Gasteiger partial charge in [0.25, 0.3) is 0 Å². The average Bonchev–Trinajstić information content (AvgIpc) is 2.30. The van der Waals surface area contributed by atoms with E-state index >= 15 is 0 Å². The van der Waals surface area contributed by atoms with Crippen LogP contribution in [0.4, 0.5) is 0 Å². The summed E-state index contributed by atoms with van der Waals surface area (Å²) in [7, 11) is 0. The summed E-state index contributed by atoms with van der Waals surface area (Å²) in [6, 6.07) is 8.46. The van der Waals surface area contributed by atoms with Crippen LogP contribution in [-0.4, -0.2) is 19.0 Å². The first-order valence-corrected chi connectivity index (χ1v) is 6.84. The van der Waals surface area contributed by atoms with Crippen molar-refractivity contribution in [1.82, 2.24) is 5.32 Å². The second kappa shape index (κ2) is 6.43. The first-order valence-electron chi connectivity index (χ1n) is 6.84. The van der Waals surface area contributed by atoms with Crippen molar-refractivity contribution in [3.63, 3.8) is 0 Å². The normalized spacial score (nSPS) is 16.4. The maximum absolute atomic E-state index is 5.84. The molecule has 0 saturated heterocycles. The predicted molar refractivity (Wildman–Crippen MR) is 76.7 cm³/mol. The highest BCUT2D eigenvalue weighted by molar-refractivity contribution is 5.77. The van der Waals surface area contributed by atoms with E-state index in [2.05, 4.69) is 41.5 Å². The van der Waals surface area contributed by atoms with E-state index in [1.54, 1.807) is 0 Å². The topological polar surface area (TPSA) is 50.4 Å². The number of nitrogens with two attached hydrogens (primary N) is 1. The van der Waals surface area contributed by atoms with E-state index in [4.69, 9.17) is 5.73 Å². The van der Waals surface area contributed by atoms with Crippen LogP contribution in [0.15, 0.2) is 29.3 Å². The molecule has 3 N–H and O–H groups in total. The van der Waals surface area contributed by atoms with Gasteiger partial charge in [0, 0.05) is 13.1 Å². The number of guanidine groups is 1. The van der Waals surface area contributed by atoms with Crippen molar-refractivity contribution < 1.29 is 0 Å². The molecule has 1 aliphatic carbocycles. The number of benzene rings is 1. The molecule has 1 aromatic carbocycles. The smallest absolute Gasteiger partial charge is 0.188 e. The number of rotatable bonds is 5. The summed E-state index contributed by atoms with van der Waals surface area (Å²) in [5.74, 6) is 1.37. The molecule has 0 unspecified atom stereocenters. The van der Waals surface area contributed by atoms with Gasteiger partial charge in [-0.05, 0) is 43.2 Å². The van der Waals surface area contributed by atoms with E-state index in [-0.39, 0.29) is 0 Å². The highest BCUT2D eigenvalue weighted by atomic mass is 15.1. The molecule has 0 spiro atoms. The molecule has 0 bridgehead atoms. The summed E-state index contributed by atoms with van der Waals surface area (Å²) in [6.45, 7) is 3.89. The van der Waals surface area contributed by atoms with E-state index in [0.29, 0.717) is 5.96 Å². The van der Waals surface area contributed by atoms with Crippen LogP contribution in [0.2, 0.25) is 0 Å². The number of nitrogens with zero attached hydrogens (tertiary/aromatic N) is 1. The second-order valence-electron chi connectivity index (χ2n) is 5.13. The third kappa shape index (κ3) is 3.76. The van der Waals surface area contributed by atoms with Gasteiger partial charge in [-0.25, -0.2) is 0 Å². The maximum Gasteiger partial charge on any atom is 0.188 e. The van der Waals surface area contributed by atoms with Crippen LogP contribution in [0.25, 0.3) is 0 Å². The van der Waals surface area contributed by atoms with E-state index in [1.807, 2.05) is 0 Å². The fourth-order valence-corrected chi connectivity index (χ4v) is 2.17. The van der Waals surface area contributed by atoms with Gasteiger partial charge >= 0.3 is 0 Å². The third-order valence-corrected chi connectivity index (χ3v) is 3.71. The Morgan fingerprint density at radius 2 is 2.17 bits per heavy atom. The molecule has 0 atom stereocenters. The van der Waals surface area contributed by atoms with E-state index in [1.165, 1.54) is 30.4 Å². The quantitative estimate of drug-likeness (QED) is 0.617.